The second-order valence-corrected chi connectivity index (χ2v) is 2.47. The van der Waals surface area contributed by atoms with Gasteiger partial charge in [0.2, 0.25) is 5.79 Å². The Morgan fingerprint density at radius 3 is 2.38 bits per heavy atom. The van der Waals surface area contributed by atoms with E-state index in [1.165, 1.54) is 0 Å². The molecule has 2 nitrogen and oxygen atoms in total. The number of hydrogen-bond acceptors (Lipinski definition) is 4. The van der Waals surface area contributed by atoms with Crippen LogP contribution in [0.2, 0.25) is 0 Å². The molecule has 1 saturated heterocycles. The average molecular weight is 152 g/mol. The minimum absolute atomic E-state index is 0.0941. The lowest BCUT2D eigenvalue weighted by molar-refractivity contribution is 0.0598. The summed E-state index contributed by atoms with van der Waals surface area (Å²) in [5.74, 6) is -0.0276. The van der Waals surface area contributed by atoms with Crippen LogP contribution in [-0.2, 0) is 4.74 Å². The summed E-state index contributed by atoms with van der Waals surface area (Å²) in [6.45, 7) is 0. The third kappa shape index (κ3) is 0.978. The van der Waals surface area contributed by atoms with Gasteiger partial charge in [-0.25, -0.2) is 0 Å². The number of epoxide rings is 1. The number of aliphatic hydroxyl groups is 1. The van der Waals surface area contributed by atoms with Gasteiger partial charge in [0.25, 0.3) is 0 Å². The van der Waals surface area contributed by atoms with Crippen LogP contribution >= 0.6 is 25.3 Å². The molecule has 8 heavy (non-hydrogen) atoms. The largest absolute Gasteiger partial charge is 0.363 e. The van der Waals surface area contributed by atoms with E-state index in [9.17, 15) is 0 Å². The van der Waals surface area contributed by atoms with Crippen LogP contribution in [-0.4, -0.2) is 28.5 Å². The molecule has 2 atom stereocenters. The molecule has 4 heteroatoms. The number of ether oxygens (including phenoxy) is 1. The summed E-state index contributed by atoms with van der Waals surface area (Å²) in [5, 5.41) is 9.05. The standard InChI is InChI=1S/C4H8O2S2/c5-4(2-8)3(1-7)6-4/h3,5,7-8H,1-2H2/t3-,4+/m0/s1. The summed E-state index contributed by atoms with van der Waals surface area (Å²) in [6, 6.07) is 0. The van der Waals surface area contributed by atoms with Crippen molar-refractivity contribution in [2.45, 2.75) is 11.9 Å². The third-order valence-electron chi connectivity index (χ3n) is 1.18. The molecule has 1 aliphatic heterocycles. The topological polar surface area (TPSA) is 32.8 Å². The number of rotatable bonds is 2. The first-order valence-electron chi connectivity index (χ1n) is 2.35. The molecule has 0 amide bonds. The molecule has 0 radical (unpaired) electrons. The summed E-state index contributed by atoms with van der Waals surface area (Å²) >= 11 is 7.79. The molecule has 0 saturated carbocycles. The lowest BCUT2D eigenvalue weighted by atomic mass is 10.3. The van der Waals surface area contributed by atoms with E-state index in [4.69, 9.17) is 9.84 Å². The van der Waals surface area contributed by atoms with E-state index in [-0.39, 0.29) is 6.10 Å². The lowest BCUT2D eigenvalue weighted by Crippen LogP contribution is -2.16. The van der Waals surface area contributed by atoms with E-state index >= 15 is 0 Å². The smallest absolute Gasteiger partial charge is 0.202 e. The Morgan fingerprint density at radius 2 is 2.25 bits per heavy atom. The molecule has 1 heterocycles. The quantitative estimate of drug-likeness (QED) is 0.382. The van der Waals surface area contributed by atoms with Gasteiger partial charge >= 0.3 is 0 Å². The van der Waals surface area contributed by atoms with Crippen molar-refractivity contribution >= 4 is 25.3 Å². The van der Waals surface area contributed by atoms with Crippen molar-refractivity contribution in [1.82, 2.24) is 0 Å². The molecule has 1 fully saturated rings. The first-order valence-corrected chi connectivity index (χ1v) is 3.61. The molecule has 0 bridgehead atoms. The van der Waals surface area contributed by atoms with Crippen LogP contribution in [0.3, 0.4) is 0 Å². The Hall–Kier alpha value is 0.620. The zero-order valence-corrected chi connectivity index (χ0v) is 6.03. The molecule has 1 N–H and O–H groups in total. The Labute approximate surface area is 59.0 Å². The van der Waals surface area contributed by atoms with Crippen molar-refractivity contribution in [3.63, 3.8) is 0 Å². The molecule has 1 aliphatic rings. The molecule has 1 rings (SSSR count). The molecule has 0 unspecified atom stereocenters. The van der Waals surface area contributed by atoms with Crippen molar-refractivity contribution < 1.29 is 9.84 Å². The molecule has 0 aromatic heterocycles. The van der Waals surface area contributed by atoms with Crippen molar-refractivity contribution in [3.05, 3.63) is 0 Å². The SMILES string of the molecule is O[C@]1(CS)O[C@H]1CS. The lowest BCUT2D eigenvalue weighted by Gasteiger charge is -1.94. The van der Waals surface area contributed by atoms with Crippen LogP contribution in [0.15, 0.2) is 0 Å². The first kappa shape index (κ1) is 6.74. The van der Waals surface area contributed by atoms with Gasteiger partial charge in [0, 0.05) is 11.5 Å². The molecular weight excluding hydrogens is 144 g/mol. The maximum Gasteiger partial charge on any atom is 0.202 e. The van der Waals surface area contributed by atoms with Crippen LogP contribution in [0.1, 0.15) is 0 Å². The monoisotopic (exact) mass is 152 g/mol. The van der Waals surface area contributed by atoms with Crippen molar-refractivity contribution in [2.24, 2.45) is 0 Å². The molecule has 0 aromatic carbocycles. The van der Waals surface area contributed by atoms with Gasteiger partial charge in [0.05, 0.1) is 0 Å². The van der Waals surface area contributed by atoms with Gasteiger partial charge in [-0.3, -0.25) is 0 Å². The fourth-order valence-corrected chi connectivity index (χ4v) is 1.17. The van der Waals surface area contributed by atoms with E-state index < -0.39 is 5.79 Å². The Balaban J connectivity index is 2.31. The molecule has 0 aliphatic carbocycles. The highest BCUT2D eigenvalue weighted by molar-refractivity contribution is 7.80. The average Bonchev–Trinajstić information content (AvgIpc) is 2.44. The number of thiol groups is 2. The summed E-state index contributed by atoms with van der Waals surface area (Å²) in [6.07, 6.45) is -0.0941. The van der Waals surface area contributed by atoms with E-state index in [2.05, 4.69) is 25.3 Å². The second kappa shape index (κ2) is 2.10. The van der Waals surface area contributed by atoms with Gasteiger partial charge in [0.15, 0.2) is 0 Å². The predicted molar refractivity (Wildman–Crippen MR) is 37.5 cm³/mol. The van der Waals surface area contributed by atoms with E-state index in [1.54, 1.807) is 0 Å². The van der Waals surface area contributed by atoms with Gasteiger partial charge in [-0.05, 0) is 0 Å². The predicted octanol–water partition coefficient (Wildman–Crippen LogP) is -0.0666. The first-order chi connectivity index (χ1) is 3.73. The Kier molecular flexibility index (Phi) is 1.77. The van der Waals surface area contributed by atoms with Gasteiger partial charge < -0.3 is 9.84 Å². The zero-order chi connectivity index (χ0) is 6.20. The normalized spacial score (nSPS) is 44.6. The van der Waals surface area contributed by atoms with E-state index in [1.807, 2.05) is 0 Å². The fourth-order valence-electron chi connectivity index (χ4n) is 0.531. The van der Waals surface area contributed by atoms with Gasteiger partial charge in [-0.1, -0.05) is 0 Å². The van der Waals surface area contributed by atoms with Gasteiger partial charge in [-0.2, -0.15) is 25.3 Å². The van der Waals surface area contributed by atoms with Crippen molar-refractivity contribution in [1.29, 1.82) is 0 Å². The van der Waals surface area contributed by atoms with Crippen LogP contribution in [0, 0.1) is 0 Å². The summed E-state index contributed by atoms with van der Waals surface area (Å²) < 4.78 is 4.81. The van der Waals surface area contributed by atoms with Crippen molar-refractivity contribution in [2.75, 3.05) is 11.5 Å². The minimum Gasteiger partial charge on any atom is -0.363 e. The van der Waals surface area contributed by atoms with Crippen LogP contribution < -0.4 is 0 Å². The highest BCUT2D eigenvalue weighted by atomic mass is 32.1. The van der Waals surface area contributed by atoms with Gasteiger partial charge in [0.1, 0.15) is 6.10 Å². The highest BCUT2D eigenvalue weighted by Gasteiger charge is 2.53. The second-order valence-electron chi connectivity index (χ2n) is 1.79. The third-order valence-corrected chi connectivity index (χ3v) is 1.97. The van der Waals surface area contributed by atoms with Crippen molar-refractivity contribution in [3.8, 4) is 0 Å². The molecule has 48 valence electrons. The maximum absolute atomic E-state index is 9.05. The number of hydrogen-bond donors (Lipinski definition) is 3. The minimum atomic E-state index is -0.954. The van der Waals surface area contributed by atoms with Crippen LogP contribution in [0.5, 0.6) is 0 Å². The Morgan fingerprint density at radius 1 is 1.62 bits per heavy atom. The molecular formula is C4H8O2S2. The van der Waals surface area contributed by atoms with Gasteiger partial charge in [-0.15, -0.1) is 0 Å². The van der Waals surface area contributed by atoms with E-state index in [0.29, 0.717) is 11.5 Å². The van der Waals surface area contributed by atoms with Crippen LogP contribution in [0.4, 0.5) is 0 Å². The Bertz CT molecular complexity index is 98.0. The maximum atomic E-state index is 9.05. The summed E-state index contributed by atoms with van der Waals surface area (Å²) in [7, 11) is 0. The fraction of sp³-hybridized carbons (Fsp3) is 1.00. The molecule has 0 aromatic rings. The molecule has 0 spiro atoms. The van der Waals surface area contributed by atoms with Crippen LogP contribution in [0.25, 0.3) is 0 Å². The summed E-state index contributed by atoms with van der Waals surface area (Å²) in [4.78, 5) is 0. The highest BCUT2D eigenvalue weighted by Crippen LogP contribution is 2.34. The zero-order valence-electron chi connectivity index (χ0n) is 4.24. The summed E-state index contributed by atoms with van der Waals surface area (Å²) in [5.41, 5.74) is 0. The van der Waals surface area contributed by atoms with E-state index in [0.717, 1.165) is 0 Å².